The van der Waals surface area contributed by atoms with E-state index in [0.29, 0.717) is 12.5 Å². The molecule has 26 heavy (non-hydrogen) atoms. The van der Waals surface area contributed by atoms with Gasteiger partial charge in [-0.1, -0.05) is 67.0 Å². The molecule has 0 radical (unpaired) electrons. The van der Waals surface area contributed by atoms with Gasteiger partial charge in [-0.15, -0.1) is 0 Å². The van der Waals surface area contributed by atoms with Gasteiger partial charge in [0.25, 0.3) is 0 Å². The molecule has 2 aliphatic carbocycles. The Labute approximate surface area is 167 Å². The molecular formula is C21H31BrO3Si. The van der Waals surface area contributed by atoms with Crippen molar-refractivity contribution in [1.82, 2.24) is 0 Å². The smallest absolute Gasteiger partial charge is 0.192 e. The number of carbonyl (C=O) groups excluding carboxylic acids is 1. The minimum Gasteiger partial charge on any atom is -0.413 e. The third kappa shape index (κ3) is 4.01. The van der Waals surface area contributed by atoms with E-state index < -0.39 is 8.32 Å². The fourth-order valence-corrected chi connectivity index (χ4v) is 6.33. The third-order valence-corrected chi connectivity index (χ3v) is 12.3. The van der Waals surface area contributed by atoms with Gasteiger partial charge in [0.05, 0.1) is 12.7 Å². The summed E-state index contributed by atoms with van der Waals surface area (Å²) in [5.74, 6) is 0.685. The Kier molecular flexibility index (Phi) is 5.84. The van der Waals surface area contributed by atoms with Gasteiger partial charge in [-0.05, 0) is 42.5 Å². The summed E-state index contributed by atoms with van der Waals surface area (Å²) in [5, 5.41) is 0.183. The van der Waals surface area contributed by atoms with Crippen LogP contribution in [0.5, 0.6) is 0 Å². The first-order valence-corrected chi connectivity index (χ1v) is 13.4. The fourth-order valence-electron chi connectivity index (χ4n) is 3.87. The summed E-state index contributed by atoms with van der Waals surface area (Å²) >= 11 is 3.87. The molecule has 0 saturated heterocycles. The van der Waals surface area contributed by atoms with E-state index >= 15 is 0 Å². The van der Waals surface area contributed by atoms with Crippen LogP contribution in [0, 0.1) is 11.8 Å². The van der Waals surface area contributed by atoms with Gasteiger partial charge in [-0.25, -0.2) is 0 Å². The molecule has 1 aromatic rings. The van der Waals surface area contributed by atoms with Gasteiger partial charge in [-0.3, -0.25) is 4.79 Å². The number of rotatable bonds is 5. The van der Waals surface area contributed by atoms with Crippen molar-refractivity contribution >= 4 is 30.0 Å². The Morgan fingerprint density at radius 1 is 1.15 bits per heavy atom. The maximum atomic E-state index is 12.9. The highest BCUT2D eigenvalue weighted by Crippen LogP contribution is 2.49. The third-order valence-electron chi connectivity index (χ3n) is 6.48. The summed E-state index contributed by atoms with van der Waals surface area (Å²) in [7, 11) is -1.83. The summed E-state index contributed by atoms with van der Waals surface area (Å²) in [5.41, 5.74) is 1.12. The van der Waals surface area contributed by atoms with Crippen LogP contribution in [0.3, 0.4) is 0 Å². The molecule has 0 bridgehead atoms. The van der Waals surface area contributed by atoms with Gasteiger partial charge in [0.1, 0.15) is 6.10 Å². The monoisotopic (exact) mass is 438 g/mol. The Morgan fingerprint density at radius 2 is 1.81 bits per heavy atom. The van der Waals surface area contributed by atoms with Crippen molar-refractivity contribution in [2.45, 2.75) is 75.4 Å². The lowest BCUT2D eigenvalue weighted by Crippen LogP contribution is -2.45. The number of Topliss-reactive ketones (excluding diaryl/α,β-unsaturated/α-hetero) is 1. The van der Waals surface area contributed by atoms with E-state index in [0.717, 1.165) is 18.4 Å². The van der Waals surface area contributed by atoms with Gasteiger partial charge >= 0.3 is 0 Å². The van der Waals surface area contributed by atoms with Gasteiger partial charge in [0.2, 0.25) is 0 Å². The van der Waals surface area contributed by atoms with Crippen molar-refractivity contribution in [3.63, 3.8) is 0 Å². The molecule has 0 unspecified atom stereocenters. The number of hydrogen-bond donors (Lipinski definition) is 0. The molecule has 3 rings (SSSR count). The van der Waals surface area contributed by atoms with E-state index in [2.05, 4.69) is 49.8 Å². The summed E-state index contributed by atoms with van der Waals surface area (Å²) in [6, 6.07) is 10.1. The molecule has 5 heteroatoms. The minimum atomic E-state index is -1.83. The highest BCUT2D eigenvalue weighted by atomic mass is 79.9. The maximum Gasteiger partial charge on any atom is 0.192 e. The van der Waals surface area contributed by atoms with Crippen molar-refractivity contribution in [1.29, 1.82) is 0 Å². The molecule has 3 nitrogen and oxygen atoms in total. The second-order valence-electron chi connectivity index (χ2n) is 9.29. The highest BCUT2D eigenvalue weighted by molar-refractivity contribution is 9.09. The number of carbonyl (C=O) groups is 1. The predicted molar refractivity (Wildman–Crippen MR) is 111 cm³/mol. The molecule has 144 valence electrons. The molecule has 0 spiro atoms. The fraction of sp³-hybridized carbons (Fsp3) is 0.667. The van der Waals surface area contributed by atoms with E-state index in [-0.39, 0.29) is 33.8 Å². The summed E-state index contributed by atoms with van der Waals surface area (Å²) in [4.78, 5) is 13.1. The topological polar surface area (TPSA) is 35.5 Å². The summed E-state index contributed by atoms with van der Waals surface area (Å²) in [6.45, 7) is 11.9. The van der Waals surface area contributed by atoms with E-state index in [1.807, 2.05) is 30.3 Å². The molecule has 2 saturated carbocycles. The number of hydrogen-bond acceptors (Lipinski definition) is 3. The number of ether oxygens (including phenoxy) is 1. The Morgan fingerprint density at radius 3 is 2.38 bits per heavy atom. The Balaban J connectivity index is 1.60. The second kappa shape index (κ2) is 7.49. The zero-order valence-corrected chi connectivity index (χ0v) is 19.1. The minimum absolute atomic E-state index is 0.0786. The standard InChI is InChI=1S/C21H31BrO3Si/c1-21(2,3)26(4,5)25-17-12-16-15(19(17)22)11-18(20(16)23)24-13-14-9-7-6-8-10-14/h6-10,15-19H,11-13H2,1-5H3/t15-,16-,17+,18-,19+/m0/s1. The number of halogens is 1. The van der Waals surface area contributed by atoms with Crippen LogP contribution in [0.25, 0.3) is 0 Å². The zero-order valence-electron chi connectivity index (χ0n) is 16.5. The molecule has 1 aromatic carbocycles. The lowest BCUT2D eigenvalue weighted by molar-refractivity contribution is -0.131. The SMILES string of the molecule is CC(C)(C)[Si](C)(C)O[C@@H]1C[C@@H]2C(=O)[C@@H](OCc3ccccc3)C[C@@H]2[C@H]1Br. The van der Waals surface area contributed by atoms with E-state index in [9.17, 15) is 4.79 Å². The molecular weight excluding hydrogens is 408 g/mol. The molecule has 5 atom stereocenters. The van der Waals surface area contributed by atoms with Crippen molar-refractivity contribution in [3.05, 3.63) is 35.9 Å². The van der Waals surface area contributed by atoms with Crippen molar-refractivity contribution in [3.8, 4) is 0 Å². The van der Waals surface area contributed by atoms with Crippen LogP contribution in [0.15, 0.2) is 30.3 Å². The van der Waals surface area contributed by atoms with E-state index in [4.69, 9.17) is 9.16 Å². The van der Waals surface area contributed by atoms with Crippen molar-refractivity contribution in [2.24, 2.45) is 11.8 Å². The second-order valence-corrected chi connectivity index (χ2v) is 15.1. The average molecular weight is 439 g/mol. The van der Waals surface area contributed by atoms with Crippen LogP contribution < -0.4 is 0 Å². The van der Waals surface area contributed by atoms with Crippen LogP contribution in [0.2, 0.25) is 18.1 Å². The highest BCUT2D eigenvalue weighted by Gasteiger charge is 2.55. The number of benzene rings is 1. The molecule has 0 aromatic heterocycles. The lowest BCUT2D eigenvalue weighted by atomic mass is 10.0. The van der Waals surface area contributed by atoms with Crippen molar-refractivity contribution < 1.29 is 14.0 Å². The molecule has 0 heterocycles. The molecule has 0 aliphatic heterocycles. The summed E-state index contributed by atoms with van der Waals surface area (Å²) in [6.07, 6.45) is 1.52. The number of fused-ring (bicyclic) bond motifs is 1. The van der Waals surface area contributed by atoms with E-state index in [1.165, 1.54) is 0 Å². The molecule has 0 N–H and O–H groups in total. The molecule has 0 amide bonds. The van der Waals surface area contributed by atoms with E-state index in [1.54, 1.807) is 0 Å². The lowest BCUT2D eigenvalue weighted by Gasteiger charge is -2.39. The maximum absolute atomic E-state index is 12.9. The largest absolute Gasteiger partial charge is 0.413 e. The molecule has 2 aliphatic rings. The van der Waals surface area contributed by atoms with Gasteiger partial charge in [0, 0.05) is 10.7 Å². The first-order valence-electron chi connectivity index (χ1n) is 9.61. The average Bonchev–Trinajstić information content (AvgIpc) is 3.03. The van der Waals surface area contributed by atoms with Crippen LogP contribution >= 0.6 is 15.9 Å². The number of ketones is 1. The van der Waals surface area contributed by atoms with Gasteiger partial charge in [0.15, 0.2) is 14.1 Å². The normalized spacial score (nSPS) is 32.1. The number of alkyl halides is 1. The summed E-state index contributed by atoms with van der Waals surface area (Å²) < 4.78 is 12.6. The first kappa shape index (κ1) is 20.2. The Bertz CT molecular complexity index is 640. The first-order chi connectivity index (χ1) is 12.1. The Hall–Kier alpha value is -0.493. The van der Waals surface area contributed by atoms with Crippen LogP contribution in [0.4, 0.5) is 0 Å². The van der Waals surface area contributed by atoms with Crippen LogP contribution in [0.1, 0.15) is 39.2 Å². The van der Waals surface area contributed by atoms with Gasteiger partial charge < -0.3 is 9.16 Å². The van der Waals surface area contributed by atoms with Gasteiger partial charge in [-0.2, -0.15) is 0 Å². The van der Waals surface area contributed by atoms with Crippen molar-refractivity contribution in [2.75, 3.05) is 0 Å². The zero-order chi connectivity index (χ0) is 19.1. The predicted octanol–water partition coefficient (Wildman–Crippen LogP) is 5.33. The molecule has 2 fully saturated rings. The van der Waals surface area contributed by atoms with Crippen LogP contribution in [-0.4, -0.2) is 31.1 Å². The van der Waals surface area contributed by atoms with Crippen LogP contribution in [-0.2, 0) is 20.6 Å². The quantitative estimate of drug-likeness (QED) is 0.459.